The molecule has 3 heteroatoms. The highest BCUT2D eigenvalue weighted by Gasteiger charge is 2.30. The van der Waals surface area contributed by atoms with Gasteiger partial charge < -0.3 is 10.2 Å². The third kappa shape index (κ3) is 2.76. The summed E-state index contributed by atoms with van der Waals surface area (Å²) in [5.74, 6) is 0. The molecule has 1 atom stereocenters. The first kappa shape index (κ1) is 13.1. The summed E-state index contributed by atoms with van der Waals surface area (Å²) < 4.78 is 1.35. The summed E-state index contributed by atoms with van der Waals surface area (Å²) >= 11 is 2.42. The number of piperazine rings is 1. The lowest BCUT2D eigenvalue weighted by Crippen LogP contribution is -2.61. The molecule has 1 aliphatic rings. The highest BCUT2D eigenvalue weighted by atomic mass is 127. The minimum atomic E-state index is 0.195. The van der Waals surface area contributed by atoms with Crippen LogP contribution < -0.4 is 10.2 Å². The average molecular weight is 344 g/mol. The van der Waals surface area contributed by atoms with E-state index in [1.807, 2.05) is 0 Å². The molecule has 1 heterocycles. The van der Waals surface area contributed by atoms with Crippen LogP contribution in [0, 0.1) is 10.5 Å². The van der Waals surface area contributed by atoms with Crippen molar-refractivity contribution in [2.24, 2.45) is 0 Å². The van der Waals surface area contributed by atoms with Gasteiger partial charge in [0.2, 0.25) is 0 Å². The molecule has 0 bridgehead atoms. The van der Waals surface area contributed by atoms with Crippen molar-refractivity contribution in [1.29, 1.82) is 0 Å². The van der Waals surface area contributed by atoms with Crippen LogP contribution in [0.4, 0.5) is 5.69 Å². The van der Waals surface area contributed by atoms with Crippen molar-refractivity contribution in [3.63, 3.8) is 0 Å². The van der Waals surface area contributed by atoms with Gasteiger partial charge >= 0.3 is 0 Å². The van der Waals surface area contributed by atoms with Crippen molar-refractivity contribution in [2.45, 2.75) is 39.3 Å². The highest BCUT2D eigenvalue weighted by Crippen LogP contribution is 2.29. The van der Waals surface area contributed by atoms with Gasteiger partial charge in [-0.25, -0.2) is 0 Å². The molecule has 0 spiro atoms. The van der Waals surface area contributed by atoms with E-state index in [-0.39, 0.29) is 5.54 Å². The Morgan fingerprint density at radius 2 is 2.12 bits per heavy atom. The molecule has 0 aliphatic carbocycles. The van der Waals surface area contributed by atoms with Crippen LogP contribution in [0.5, 0.6) is 0 Å². The van der Waals surface area contributed by atoms with Crippen molar-refractivity contribution in [1.82, 2.24) is 5.32 Å². The summed E-state index contributed by atoms with van der Waals surface area (Å²) in [6, 6.07) is 7.14. The second kappa shape index (κ2) is 4.76. The van der Waals surface area contributed by atoms with E-state index >= 15 is 0 Å². The molecule has 1 N–H and O–H groups in total. The standard InChI is InChI=1S/C14H21IN2/c1-10-8-16-14(3,4)9-17(10)13-7-5-6-12(15)11(13)2/h5-7,10,16H,8-9H2,1-4H3. The van der Waals surface area contributed by atoms with Crippen LogP contribution in [-0.2, 0) is 0 Å². The number of nitrogens with zero attached hydrogens (tertiary/aromatic N) is 1. The topological polar surface area (TPSA) is 15.3 Å². The van der Waals surface area contributed by atoms with Crippen LogP contribution in [0.15, 0.2) is 18.2 Å². The lowest BCUT2D eigenvalue weighted by Gasteiger charge is -2.45. The third-order valence-corrected chi connectivity index (χ3v) is 4.69. The molecule has 2 nitrogen and oxygen atoms in total. The number of hydrogen-bond donors (Lipinski definition) is 1. The van der Waals surface area contributed by atoms with Crippen LogP contribution in [0.3, 0.4) is 0 Å². The minimum absolute atomic E-state index is 0.195. The van der Waals surface area contributed by atoms with Crippen molar-refractivity contribution in [3.8, 4) is 0 Å². The zero-order valence-electron chi connectivity index (χ0n) is 11.0. The van der Waals surface area contributed by atoms with E-state index in [9.17, 15) is 0 Å². The molecule has 1 aromatic carbocycles. The number of nitrogens with one attached hydrogen (secondary N) is 1. The van der Waals surface area contributed by atoms with E-state index in [0.717, 1.165) is 13.1 Å². The first-order valence-corrected chi connectivity index (χ1v) is 7.25. The number of benzene rings is 1. The predicted octanol–water partition coefficient (Wildman–Crippen LogP) is 3.18. The van der Waals surface area contributed by atoms with Crippen LogP contribution in [0.1, 0.15) is 26.3 Å². The summed E-state index contributed by atoms with van der Waals surface area (Å²) in [6.45, 7) is 11.2. The molecule has 1 saturated heterocycles. The molecule has 1 aliphatic heterocycles. The molecule has 1 fully saturated rings. The Balaban J connectivity index is 2.34. The zero-order valence-corrected chi connectivity index (χ0v) is 13.2. The summed E-state index contributed by atoms with van der Waals surface area (Å²) in [5.41, 5.74) is 2.98. The Hall–Kier alpha value is -0.290. The normalized spacial score (nSPS) is 23.8. The SMILES string of the molecule is Cc1c(I)cccc1N1CC(C)(C)NCC1C. The fraction of sp³-hybridized carbons (Fsp3) is 0.571. The molecular weight excluding hydrogens is 323 g/mol. The van der Waals surface area contributed by atoms with E-state index in [0.29, 0.717) is 6.04 Å². The molecule has 0 saturated carbocycles. The van der Waals surface area contributed by atoms with Gasteiger partial charge in [-0.05, 0) is 68.0 Å². The Morgan fingerprint density at radius 1 is 1.41 bits per heavy atom. The Bertz CT molecular complexity index is 415. The molecule has 94 valence electrons. The van der Waals surface area contributed by atoms with E-state index in [1.165, 1.54) is 14.8 Å². The van der Waals surface area contributed by atoms with Gasteiger partial charge in [-0.15, -0.1) is 0 Å². The monoisotopic (exact) mass is 344 g/mol. The molecule has 1 unspecified atom stereocenters. The van der Waals surface area contributed by atoms with Crippen molar-refractivity contribution in [2.75, 3.05) is 18.0 Å². The molecular formula is C14H21IN2. The lowest BCUT2D eigenvalue weighted by molar-refractivity contribution is 0.318. The van der Waals surface area contributed by atoms with Gasteiger partial charge in [0.05, 0.1) is 0 Å². The van der Waals surface area contributed by atoms with Crippen molar-refractivity contribution in [3.05, 3.63) is 27.3 Å². The fourth-order valence-electron chi connectivity index (χ4n) is 2.40. The maximum absolute atomic E-state index is 3.60. The summed E-state index contributed by atoms with van der Waals surface area (Å²) in [5, 5.41) is 3.60. The molecule has 0 amide bonds. The van der Waals surface area contributed by atoms with Crippen molar-refractivity contribution < 1.29 is 0 Å². The van der Waals surface area contributed by atoms with Crippen LogP contribution in [-0.4, -0.2) is 24.7 Å². The molecule has 0 radical (unpaired) electrons. The predicted molar refractivity (Wildman–Crippen MR) is 82.8 cm³/mol. The van der Waals surface area contributed by atoms with E-state index < -0.39 is 0 Å². The molecule has 2 rings (SSSR count). The largest absolute Gasteiger partial charge is 0.365 e. The van der Waals surface area contributed by atoms with Gasteiger partial charge in [0, 0.05) is 33.9 Å². The number of halogens is 1. The lowest BCUT2D eigenvalue weighted by atomic mass is 9.98. The summed E-state index contributed by atoms with van der Waals surface area (Å²) in [6.07, 6.45) is 0. The minimum Gasteiger partial charge on any atom is -0.365 e. The maximum Gasteiger partial charge on any atom is 0.0410 e. The molecule has 1 aromatic rings. The second-order valence-electron chi connectivity index (χ2n) is 5.63. The Labute approximate surface area is 118 Å². The first-order chi connectivity index (χ1) is 7.91. The van der Waals surface area contributed by atoms with E-state index in [2.05, 4.69) is 78.7 Å². The van der Waals surface area contributed by atoms with Gasteiger partial charge in [-0.3, -0.25) is 0 Å². The first-order valence-electron chi connectivity index (χ1n) is 6.17. The summed E-state index contributed by atoms with van der Waals surface area (Å²) in [4.78, 5) is 2.54. The van der Waals surface area contributed by atoms with Crippen LogP contribution >= 0.6 is 22.6 Å². The Morgan fingerprint density at radius 3 is 2.82 bits per heavy atom. The van der Waals surface area contributed by atoms with Crippen LogP contribution in [0.2, 0.25) is 0 Å². The quantitative estimate of drug-likeness (QED) is 0.788. The molecule has 0 aromatic heterocycles. The van der Waals surface area contributed by atoms with Gasteiger partial charge in [-0.1, -0.05) is 6.07 Å². The second-order valence-corrected chi connectivity index (χ2v) is 6.79. The third-order valence-electron chi connectivity index (χ3n) is 3.52. The van der Waals surface area contributed by atoms with Crippen LogP contribution in [0.25, 0.3) is 0 Å². The highest BCUT2D eigenvalue weighted by molar-refractivity contribution is 14.1. The maximum atomic E-state index is 3.60. The van der Waals surface area contributed by atoms with Gasteiger partial charge in [0.1, 0.15) is 0 Å². The summed E-state index contributed by atoms with van der Waals surface area (Å²) in [7, 11) is 0. The molecule has 17 heavy (non-hydrogen) atoms. The fourth-order valence-corrected chi connectivity index (χ4v) is 2.89. The number of rotatable bonds is 1. The number of anilines is 1. The van der Waals surface area contributed by atoms with Crippen molar-refractivity contribution >= 4 is 28.3 Å². The average Bonchev–Trinajstić information content (AvgIpc) is 2.26. The van der Waals surface area contributed by atoms with Gasteiger partial charge in [-0.2, -0.15) is 0 Å². The van der Waals surface area contributed by atoms with E-state index in [1.54, 1.807) is 0 Å². The van der Waals surface area contributed by atoms with E-state index in [4.69, 9.17) is 0 Å². The smallest absolute Gasteiger partial charge is 0.0410 e. The van der Waals surface area contributed by atoms with Gasteiger partial charge in [0.25, 0.3) is 0 Å². The van der Waals surface area contributed by atoms with Gasteiger partial charge in [0.15, 0.2) is 0 Å². The zero-order chi connectivity index (χ0) is 12.6. The number of hydrogen-bond acceptors (Lipinski definition) is 2. The Kier molecular flexibility index (Phi) is 3.69.